The van der Waals surface area contributed by atoms with Gasteiger partial charge >= 0.3 is 12.0 Å². The van der Waals surface area contributed by atoms with Gasteiger partial charge in [-0.3, -0.25) is 29.0 Å². The van der Waals surface area contributed by atoms with Gasteiger partial charge in [0.1, 0.15) is 23.3 Å². The quantitative estimate of drug-likeness (QED) is 0.0567. The Morgan fingerprint density at radius 1 is 0.848 bits per heavy atom. The van der Waals surface area contributed by atoms with Crippen LogP contribution in [0, 0.1) is 0 Å². The second-order valence-electron chi connectivity index (χ2n) is 17.2. The number of nitrogens with zero attached hydrogens (tertiary/aromatic N) is 3. The molecule has 3 amide bonds. The molecule has 66 heavy (non-hydrogen) atoms. The van der Waals surface area contributed by atoms with Gasteiger partial charge in [-0.2, -0.15) is 0 Å². The van der Waals surface area contributed by atoms with E-state index >= 15 is 0 Å². The highest BCUT2D eigenvalue weighted by Crippen LogP contribution is 2.40. The summed E-state index contributed by atoms with van der Waals surface area (Å²) < 4.78 is 44.5. The summed E-state index contributed by atoms with van der Waals surface area (Å²) in [5.74, 6) is 0.211. The number of urea groups is 1. The molecular weight excluding hydrogens is 867 g/mol. The Hall–Kier alpha value is -6.76. The fourth-order valence-corrected chi connectivity index (χ4v) is 8.20. The largest absolute Gasteiger partial charge is 0.496 e. The van der Waals surface area contributed by atoms with Crippen LogP contribution in [-0.2, 0) is 31.4 Å². The highest BCUT2D eigenvalue weighted by Gasteiger charge is 2.26. The molecule has 1 saturated heterocycles. The van der Waals surface area contributed by atoms with Crippen molar-refractivity contribution in [2.75, 3.05) is 68.6 Å². The Balaban J connectivity index is 1.08. The molecule has 1 aromatic heterocycles. The molecule has 6 rings (SSSR count). The number of amides is 3. The number of ketones is 1. The second-order valence-corrected chi connectivity index (χ2v) is 18.9. The maximum atomic E-state index is 13.6. The number of carbonyl (C=O) groups is 4. The summed E-state index contributed by atoms with van der Waals surface area (Å²) in [5, 5.41) is 16.2. The number of piperazine rings is 1. The summed E-state index contributed by atoms with van der Waals surface area (Å²) >= 11 is 0. The molecule has 1 aliphatic heterocycles. The molecule has 1 fully saturated rings. The maximum Gasteiger partial charge on any atom is 0.323 e. The average Bonchev–Trinajstić information content (AvgIpc) is 3.26. The van der Waals surface area contributed by atoms with E-state index in [4.69, 9.17) is 25.1 Å². The zero-order chi connectivity index (χ0) is 47.8. The van der Waals surface area contributed by atoms with Crippen LogP contribution in [0.1, 0.15) is 67.2 Å². The summed E-state index contributed by atoms with van der Waals surface area (Å²) in [7, 11) is -0.726. The summed E-state index contributed by atoms with van der Waals surface area (Å²) in [4.78, 5) is 58.7. The molecule has 0 saturated carbocycles. The Morgan fingerprint density at radius 3 is 2.21 bits per heavy atom. The topological polar surface area (TPSA) is 232 Å². The van der Waals surface area contributed by atoms with Gasteiger partial charge in [-0.15, -0.1) is 0 Å². The van der Waals surface area contributed by atoms with Crippen LogP contribution in [0.25, 0.3) is 10.8 Å². The lowest BCUT2D eigenvalue weighted by Gasteiger charge is -2.35. The van der Waals surface area contributed by atoms with Crippen LogP contribution < -0.4 is 35.3 Å². The van der Waals surface area contributed by atoms with Gasteiger partial charge in [-0.1, -0.05) is 51.1 Å². The second kappa shape index (κ2) is 21.0. The number of hydrogen-bond acceptors (Lipinski definition) is 12. The normalized spacial score (nSPS) is 13.7. The first kappa shape index (κ1) is 48.7. The lowest BCUT2D eigenvalue weighted by molar-refractivity contribution is -0.143. The van der Waals surface area contributed by atoms with Crippen molar-refractivity contribution in [2.45, 2.75) is 57.9 Å². The van der Waals surface area contributed by atoms with Crippen molar-refractivity contribution in [1.29, 1.82) is 0 Å². The first-order chi connectivity index (χ1) is 31.3. The molecule has 2 heterocycles. The predicted molar refractivity (Wildman–Crippen MR) is 254 cm³/mol. The molecule has 1 aliphatic rings. The van der Waals surface area contributed by atoms with Gasteiger partial charge < -0.3 is 40.6 Å². The van der Waals surface area contributed by atoms with E-state index in [1.807, 2.05) is 63.2 Å². The Labute approximate surface area is 384 Å². The van der Waals surface area contributed by atoms with Crippen molar-refractivity contribution in [3.05, 3.63) is 107 Å². The van der Waals surface area contributed by atoms with Gasteiger partial charge in [0.15, 0.2) is 11.5 Å². The van der Waals surface area contributed by atoms with Crippen LogP contribution in [0.5, 0.6) is 23.0 Å². The van der Waals surface area contributed by atoms with Crippen LogP contribution in [0.3, 0.4) is 0 Å². The number of aliphatic carboxylic acids is 1. The summed E-state index contributed by atoms with van der Waals surface area (Å²) in [6.07, 6.45) is 3.86. The Bertz CT molecular complexity index is 2710. The average molecular weight is 924 g/mol. The number of carboxylic acid groups (broad SMARTS) is 1. The molecule has 0 aliphatic carbocycles. The number of nitrogens with two attached hydrogens (primary N) is 1. The van der Waals surface area contributed by atoms with E-state index in [0.717, 1.165) is 28.5 Å². The number of carbonyl (C=O) groups excluding carboxylic acids is 3. The molecule has 0 radical (unpaired) electrons. The third-order valence-corrected chi connectivity index (χ3v) is 11.7. The number of carboxylic acids is 1. The van der Waals surface area contributed by atoms with Gasteiger partial charge in [0.25, 0.3) is 0 Å². The van der Waals surface area contributed by atoms with Crippen molar-refractivity contribution in [3.63, 3.8) is 0 Å². The van der Waals surface area contributed by atoms with Crippen LogP contribution in [0.2, 0.25) is 0 Å². The van der Waals surface area contributed by atoms with Crippen molar-refractivity contribution in [1.82, 2.24) is 14.8 Å². The monoisotopic (exact) mass is 923 g/mol. The zero-order valence-corrected chi connectivity index (χ0v) is 38.8. The molecule has 5 aromatic rings. The van der Waals surface area contributed by atoms with Gasteiger partial charge in [0.2, 0.25) is 15.9 Å². The molecule has 0 spiro atoms. The number of sulfonamides is 1. The van der Waals surface area contributed by atoms with E-state index in [1.165, 1.54) is 14.2 Å². The Kier molecular flexibility index (Phi) is 15.5. The van der Waals surface area contributed by atoms with Crippen molar-refractivity contribution in [2.24, 2.45) is 5.73 Å². The number of aromatic nitrogens is 1. The molecule has 1 atom stereocenters. The number of Topliss-reactive ketones (excluding diaryl/α,β-unsaturated/α-hetero) is 1. The molecule has 350 valence electrons. The van der Waals surface area contributed by atoms with Crippen LogP contribution in [0.15, 0.2) is 85.1 Å². The summed E-state index contributed by atoms with van der Waals surface area (Å²) in [6, 6.07) is 21.7. The van der Waals surface area contributed by atoms with Gasteiger partial charge in [0.05, 0.1) is 49.5 Å². The molecule has 4 aromatic carbocycles. The Morgan fingerprint density at radius 2 is 1.55 bits per heavy atom. The standard InChI is InChI=1S/C48H57N7O10S/c1-48(2,3)31-26-39(45(64-5)40(27-31)53-66(6,61)62)52-47(60)51-38-15-16-42(35-11-8-7-10-34(35)38)65-33-17-18-50-32(28-33)24-30-13-14-36(43(25-30)63-4)41(56)12-9-19-54-20-22-55(23-21-54)44(57)29-37(49)46(58)59/h7-8,10-11,13-18,25-28,37,53H,9,12,19-24,29,49H2,1-6H3,(H,58,59)(H2,51,52,60)/t37-/m0/s1. The SMILES string of the molecule is COc1cc(Cc2cc(Oc3ccc(NC(=O)Nc4cc(C(C)(C)C)cc(NS(C)(=O)=O)c4OC)c4ccccc34)ccn2)ccc1C(=O)CCCN1CCN(C(=O)C[C@H](N)C(=O)O)CC1. The first-order valence-electron chi connectivity index (χ1n) is 21.4. The molecule has 6 N–H and O–H groups in total. The van der Waals surface area contributed by atoms with E-state index in [0.29, 0.717) is 85.9 Å². The van der Waals surface area contributed by atoms with Gasteiger partial charge in [-0.25, -0.2) is 13.2 Å². The molecule has 0 unspecified atom stereocenters. The fraction of sp³-hybridized carbons (Fsp3) is 0.354. The summed E-state index contributed by atoms with van der Waals surface area (Å²) in [5.41, 5.74) is 9.00. The van der Waals surface area contributed by atoms with E-state index in [9.17, 15) is 27.6 Å². The van der Waals surface area contributed by atoms with Crippen LogP contribution in [-0.4, -0.2) is 111 Å². The molecular formula is C48H57N7O10S. The maximum absolute atomic E-state index is 13.6. The minimum Gasteiger partial charge on any atom is -0.496 e. The molecule has 18 heteroatoms. The number of rotatable bonds is 18. The number of nitrogens with one attached hydrogen (secondary N) is 3. The number of benzene rings is 4. The van der Waals surface area contributed by atoms with Crippen molar-refractivity contribution >= 4 is 61.5 Å². The van der Waals surface area contributed by atoms with Crippen LogP contribution >= 0.6 is 0 Å². The van der Waals surface area contributed by atoms with Crippen LogP contribution in [0.4, 0.5) is 21.9 Å². The number of fused-ring (bicyclic) bond motifs is 1. The zero-order valence-electron chi connectivity index (χ0n) is 38.0. The predicted octanol–water partition coefficient (Wildman–Crippen LogP) is 6.86. The number of pyridine rings is 1. The van der Waals surface area contributed by atoms with E-state index < -0.39 is 28.1 Å². The van der Waals surface area contributed by atoms with E-state index in [1.54, 1.807) is 47.5 Å². The minimum atomic E-state index is -3.66. The number of ether oxygens (including phenoxy) is 3. The number of methoxy groups -OCH3 is 2. The smallest absolute Gasteiger partial charge is 0.323 e. The lowest BCUT2D eigenvalue weighted by Crippen LogP contribution is -2.50. The molecule has 0 bridgehead atoms. The van der Waals surface area contributed by atoms with E-state index in [2.05, 4.69) is 25.2 Å². The fourth-order valence-electron chi connectivity index (χ4n) is 7.65. The van der Waals surface area contributed by atoms with Gasteiger partial charge in [-0.05, 0) is 72.0 Å². The highest BCUT2D eigenvalue weighted by molar-refractivity contribution is 7.92. The third-order valence-electron chi connectivity index (χ3n) is 11.1. The number of anilines is 3. The lowest BCUT2D eigenvalue weighted by atomic mass is 9.86. The van der Waals surface area contributed by atoms with E-state index in [-0.39, 0.29) is 40.7 Å². The van der Waals surface area contributed by atoms with Crippen molar-refractivity contribution < 1.29 is 46.9 Å². The third kappa shape index (κ3) is 12.7. The highest BCUT2D eigenvalue weighted by atomic mass is 32.2. The minimum absolute atomic E-state index is 0.0401. The molecule has 17 nitrogen and oxygen atoms in total. The first-order valence-corrected chi connectivity index (χ1v) is 23.3. The van der Waals surface area contributed by atoms with Crippen molar-refractivity contribution in [3.8, 4) is 23.0 Å². The summed E-state index contributed by atoms with van der Waals surface area (Å²) in [6.45, 7) is 8.83. The van der Waals surface area contributed by atoms with Gasteiger partial charge in [0, 0.05) is 67.8 Å². The number of hydrogen-bond donors (Lipinski definition) is 5.